The molecule has 0 atom stereocenters. The van der Waals surface area contributed by atoms with E-state index in [1.165, 1.54) is 0 Å². The molecule has 0 saturated heterocycles. The van der Waals surface area contributed by atoms with Crippen molar-refractivity contribution in [3.05, 3.63) is 95.4 Å². The highest BCUT2D eigenvalue weighted by Crippen LogP contribution is 2.22. The van der Waals surface area contributed by atoms with Gasteiger partial charge in [0.2, 0.25) is 0 Å². The molecule has 9 heteroatoms. The standard InChI is InChI=1S/C14H12N4.C6H5Cl.C4H6O4/c15-14-12-4-2-1-3-11(12)13(17-18-14)9-10-5-7-16-8-6-10;7-6-4-2-1-3-5-6;5-3(6)1-2-4(7)8/h1-8H,9H2,(H2,15,18);1-5H;1-2H2,(H,5,6)(H,7,8). The summed E-state index contributed by atoms with van der Waals surface area (Å²) in [6.45, 7) is 0. The zero-order valence-electron chi connectivity index (χ0n) is 17.6. The number of fused-ring (bicyclic) bond motifs is 1. The number of nitrogens with two attached hydrogens (primary N) is 1. The van der Waals surface area contributed by atoms with Crippen LogP contribution < -0.4 is 5.73 Å². The van der Waals surface area contributed by atoms with Crippen molar-refractivity contribution in [2.45, 2.75) is 19.3 Å². The lowest BCUT2D eigenvalue weighted by atomic mass is 10.1. The smallest absolute Gasteiger partial charge is 0.303 e. The van der Waals surface area contributed by atoms with Gasteiger partial charge in [-0.25, -0.2) is 0 Å². The van der Waals surface area contributed by atoms with Crippen LogP contribution in [0.3, 0.4) is 0 Å². The van der Waals surface area contributed by atoms with Gasteiger partial charge in [0.05, 0.1) is 18.5 Å². The molecular weight excluding hydrogens is 444 g/mol. The van der Waals surface area contributed by atoms with Gasteiger partial charge in [0.1, 0.15) is 0 Å². The quantitative estimate of drug-likeness (QED) is 0.391. The van der Waals surface area contributed by atoms with E-state index in [1.54, 1.807) is 12.4 Å². The first-order valence-electron chi connectivity index (χ1n) is 9.89. The van der Waals surface area contributed by atoms with E-state index in [9.17, 15) is 9.59 Å². The van der Waals surface area contributed by atoms with Crippen molar-refractivity contribution >= 4 is 40.1 Å². The van der Waals surface area contributed by atoms with E-state index in [-0.39, 0.29) is 12.8 Å². The van der Waals surface area contributed by atoms with Crippen molar-refractivity contribution < 1.29 is 19.8 Å². The molecule has 8 nitrogen and oxygen atoms in total. The zero-order chi connectivity index (χ0) is 24.1. The number of carbonyl (C=O) groups is 2. The normalized spacial score (nSPS) is 9.73. The Morgan fingerprint density at radius 3 is 1.85 bits per heavy atom. The molecule has 0 fully saturated rings. The molecule has 4 aromatic rings. The molecule has 0 saturated carbocycles. The van der Waals surface area contributed by atoms with E-state index in [4.69, 9.17) is 27.5 Å². The van der Waals surface area contributed by atoms with Crippen molar-refractivity contribution in [2.24, 2.45) is 0 Å². The number of aliphatic carboxylic acids is 2. The van der Waals surface area contributed by atoms with Crippen LogP contribution in [-0.4, -0.2) is 37.3 Å². The number of aromatic nitrogens is 3. The average molecular weight is 467 g/mol. The number of carboxylic acids is 2. The van der Waals surface area contributed by atoms with Gasteiger partial charge in [0.25, 0.3) is 0 Å². The van der Waals surface area contributed by atoms with Crippen LogP contribution in [-0.2, 0) is 16.0 Å². The molecule has 4 rings (SSSR count). The second kappa shape index (κ2) is 13.4. The molecule has 0 bridgehead atoms. The van der Waals surface area contributed by atoms with Crippen LogP contribution in [0.4, 0.5) is 5.82 Å². The van der Waals surface area contributed by atoms with Gasteiger partial charge in [-0.05, 0) is 29.8 Å². The Morgan fingerprint density at radius 2 is 1.33 bits per heavy atom. The van der Waals surface area contributed by atoms with Crippen LogP contribution in [0.15, 0.2) is 79.1 Å². The number of rotatable bonds is 5. The number of benzene rings is 2. The number of nitrogens with zero attached hydrogens (tertiary/aromatic N) is 3. The van der Waals surface area contributed by atoms with Gasteiger partial charge in [0.15, 0.2) is 5.82 Å². The predicted octanol–water partition coefficient (Wildman–Crippen LogP) is 4.47. The van der Waals surface area contributed by atoms with Gasteiger partial charge in [-0.3, -0.25) is 14.6 Å². The molecule has 0 radical (unpaired) electrons. The van der Waals surface area contributed by atoms with Crippen LogP contribution in [0.2, 0.25) is 5.02 Å². The zero-order valence-corrected chi connectivity index (χ0v) is 18.4. The summed E-state index contributed by atoms with van der Waals surface area (Å²) in [5, 5.41) is 26.8. The first-order valence-corrected chi connectivity index (χ1v) is 10.3. The van der Waals surface area contributed by atoms with E-state index >= 15 is 0 Å². The Labute approximate surface area is 195 Å². The minimum atomic E-state index is -1.08. The van der Waals surface area contributed by atoms with Crippen molar-refractivity contribution in [3.63, 3.8) is 0 Å². The third-order valence-electron chi connectivity index (χ3n) is 4.20. The number of hydrogen-bond acceptors (Lipinski definition) is 6. The van der Waals surface area contributed by atoms with Crippen LogP contribution >= 0.6 is 11.6 Å². The third-order valence-corrected chi connectivity index (χ3v) is 4.45. The van der Waals surface area contributed by atoms with Crippen LogP contribution in [0.25, 0.3) is 10.8 Å². The van der Waals surface area contributed by atoms with Gasteiger partial charge < -0.3 is 15.9 Å². The van der Waals surface area contributed by atoms with E-state index in [0.717, 1.165) is 33.5 Å². The van der Waals surface area contributed by atoms with Crippen LogP contribution in [0.5, 0.6) is 0 Å². The van der Waals surface area contributed by atoms with Gasteiger partial charge in [-0.1, -0.05) is 54.1 Å². The lowest BCUT2D eigenvalue weighted by molar-refractivity contribution is -0.143. The Morgan fingerprint density at radius 1 is 0.788 bits per heavy atom. The van der Waals surface area contributed by atoms with Crippen molar-refractivity contribution in [3.8, 4) is 0 Å². The van der Waals surface area contributed by atoms with Crippen LogP contribution in [0.1, 0.15) is 24.1 Å². The van der Waals surface area contributed by atoms with E-state index < -0.39 is 11.9 Å². The summed E-state index contributed by atoms with van der Waals surface area (Å²) in [5.74, 6) is -1.68. The van der Waals surface area contributed by atoms with E-state index in [2.05, 4.69) is 15.2 Å². The molecule has 2 aromatic heterocycles. The maximum absolute atomic E-state index is 9.64. The predicted molar refractivity (Wildman–Crippen MR) is 127 cm³/mol. The first-order chi connectivity index (χ1) is 15.9. The minimum Gasteiger partial charge on any atom is -0.481 e. The minimum absolute atomic E-state index is 0.296. The Balaban J connectivity index is 0.000000213. The Kier molecular flexibility index (Phi) is 10.2. The molecule has 4 N–H and O–H groups in total. The summed E-state index contributed by atoms with van der Waals surface area (Å²) in [7, 11) is 0. The first kappa shape index (κ1) is 25.2. The summed E-state index contributed by atoms with van der Waals surface area (Å²) in [5.41, 5.74) is 7.93. The van der Waals surface area contributed by atoms with E-state index in [0.29, 0.717) is 5.82 Å². The average Bonchev–Trinajstić information content (AvgIpc) is 2.82. The largest absolute Gasteiger partial charge is 0.481 e. The number of nitrogen functional groups attached to an aromatic ring is 1. The highest BCUT2D eigenvalue weighted by atomic mass is 35.5. The number of carboxylic acid groups (broad SMARTS) is 2. The monoisotopic (exact) mass is 466 g/mol. The topological polar surface area (TPSA) is 139 Å². The van der Waals surface area contributed by atoms with Gasteiger partial charge >= 0.3 is 11.9 Å². The maximum atomic E-state index is 9.64. The van der Waals surface area contributed by atoms with Gasteiger partial charge in [0, 0.05) is 34.6 Å². The summed E-state index contributed by atoms with van der Waals surface area (Å²) in [6, 6.07) is 21.3. The van der Waals surface area contributed by atoms with Crippen LogP contribution in [0, 0.1) is 0 Å². The highest BCUT2D eigenvalue weighted by Gasteiger charge is 2.07. The summed E-state index contributed by atoms with van der Waals surface area (Å²) in [6.07, 6.45) is 3.70. The second-order valence-electron chi connectivity index (χ2n) is 6.69. The Bertz CT molecular complexity index is 1160. The molecule has 170 valence electrons. The molecule has 2 heterocycles. The lowest BCUT2D eigenvalue weighted by Gasteiger charge is -2.06. The maximum Gasteiger partial charge on any atom is 0.303 e. The third kappa shape index (κ3) is 9.32. The number of anilines is 1. The molecule has 0 spiro atoms. The summed E-state index contributed by atoms with van der Waals surface area (Å²) < 4.78 is 0. The van der Waals surface area contributed by atoms with Gasteiger partial charge in [-0.15, -0.1) is 5.10 Å². The lowest BCUT2D eigenvalue weighted by Crippen LogP contribution is -2.01. The number of halogens is 1. The molecule has 0 aliphatic carbocycles. The SMILES string of the molecule is Clc1ccccc1.Nc1nnc(Cc2ccncc2)c2ccccc12.O=C(O)CCC(=O)O. The molecule has 0 aliphatic rings. The molecule has 33 heavy (non-hydrogen) atoms. The van der Waals surface area contributed by atoms with Crippen molar-refractivity contribution in [2.75, 3.05) is 5.73 Å². The van der Waals surface area contributed by atoms with E-state index in [1.807, 2.05) is 66.7 Å². The second-order valence-corrected chi connectivity index (χ2v) is 7.13. The molecule has 2 aromatic carbocycles. The fraction of sp³-hybridized carbons (Fsp3) is 0.125. The fourth-order valence-corrected chi connectivity index (χ4v) is 2.78. The van der Waals surface area contributed by atoms with Crippen molar-refractivity contribution in [1.82, 2.24) is 15.2 Å². The number of pyridine rings is 1. The summed E-state index contributed by atoms with van der Waals surface area (Å²) in [4.78, 5) is 23.3. The summed E-state index contributed by atoms with van der Waals surface area (Å²) >= 11 is 5.54. The van der Waals surface area contributed by atoms with Gasteiger partial charge in [-0.2, -0.15) is 5.10 Å². The fourth-order valence-electron chi connectivity index (χ4n) is 2.63. The number of hydrogen-bond donors (Lipinski definition) is 3. The van der Waals surface area contributed by atoms with Crippen molar-refractivity contribution in [1.29, 1.82) is 0 Å². The molecular formula is C24H23ClN4O4. The molecule has 0 aliphatic heterocycles. The molecule has 0 unspecified atom stereocenters. The highest BCUT2D eigenvalue weighted by molar-refractivity contribution is 6.30. The Hall–Kier alpha value is -4.04. The molecule has 0 amide bonds.